The predicted molar refractivity (Wildman–Crippen MR) is 10.5 cm³/mol. The maximum Gasteiger partial charge on any atom is 5.00 e. The smallest absolute Gasteiger partial charge is 0.759 e. The molecular formula is FeNiO4SV+7. The van der Waals surface area contributed by atoms with Gasteiger partial charge >= 0.3 is 52.1 Å². The largest absolute Gasteiger partial charge is 5.00 e. The van der Waals surface area contributed by atoms with E-state index in [2.05, 4.69) is 0 Å². The van der Waals surface area contributed by atoms with Crippen LogP contribution < -0.4 is 0 Å². The van der Waals surface area contributed by atoms with Crippen LogP contribution in [-0.2, 0) is 62.5 Å². The molecule has 0 aromatic carbocycles. The van der Waals surface area contributed by atoms with E-state index < -0.39 is 10.4 Å². The second-order valence-electron chi connectivity index (χ2n) is 0.408. The van der Waals surface area contributed by atoms with Crippen molar-refractivity contribution in [2.75, 3.05) is 0 Å². The van der Waals surface area contributed by atoms with E-state index >= 15 is 0 Å². The molecule has 0 fully saturated rings. The second kappa shape index (κ2) is 8.47. The van der Waals surface area contributed by atoms with Crippen molar-refractivity contribution >= 4 is 10.4 Å². The van der Waals surface area contributed by atoms with Gasteiger partial charge in [-0.2, -0.15) is 0 Å². The van der Waals surface area contributed by atoms with Crippen molar-refractivity contribution in [1.82, 2.24) is 0 Å². The van der Waals surface area contributed by atoms with Crippen LogP contribution in [0, 0.1) is 0 Å². The molecular weight excluding hydrogens is 262 g/mol. The molecule has 0 saturated heterocycles. The summed E-state index contributed by atoms with van der Waals surface area (Å²) in [6.07, 6.45) is 0. The maximum absolute atomic E-state index is 8.52. The molecule has 0 spiro atoms. The minimum atomic E-state index is -5.17. The summed E-state index contributed by atoms with van der Waals surface area (Å²) in [5, 5.41) is 0. The van der Waals surface area contributed by atoms with Gasteiger partial charge in [0.05, 0.1) is 0 Å². The van der Waals surface area contributed by atoms with Gasteiger partial charge in [-0.1, -0.05) is 0 Å². The third-order valence-corrected chi connectivity index (χ3v) is 0. The molecule has 0 atom stereocenters. The Balaban J connectivity index is -0.0000000267. The summed E-state index contributed by atoms with van der Waals surface area (Å²) in [7, 11) is -5.17. The van der Waals surface area contributed by atoms with E-state index in [4.69, 9.17) is 17.5 Å². The zero-order valence-corrected chi connectivity index (χ0v) is 7.46. The summed E-state index contributed by atoms with van der Waals surface area (Å²) in [4.78, 5) is 0. The first-order valence-electron chi connectivity index (χ1n) is 0.667. The van der Waals surface area contributed by atoms with Gasteiger partial charge in [-0.15, -0.1) is 0 Å². The molecule has 8 heteroatoms. The van der Waals surface area contributed by atoms with E-state index in [1.54, 1.807) is 0 Å². The molecule has 0 saturated carbocycles. The maximum atomic E-state index is 8.52. The van der Waals surface area contributed by atoms with Crippen LogP contribution in [0.1, 0.15) is 0 Å². The third kappa shape index (κ3) is 145. The second-order valence-corrected chi connectivity index (χ2v) is 1.22. The molecule has 4 nitrogen and oxygen atoms in total. The van der Waals surface area contributed by atoms with Gasteiger partial charge in [0.25, 0.3) is 0 Å². The summed E-state index contributed by atoms with van der Waals surface area (Å²) in [6.45, 7) is 0. The van der Waals surface area contributed by atoms with E-state index in [0.29, 0.717) is 0 Å². The Kier molecular flexibility index (Phi) is 24.0. The molecule has 0 aromatic heterocycles. The molecule has 0 aliphatic heterocycles. The van der Waals surface area contributed by atoms with Crippen LogP contribution in [-0.4, -0.2) is 17.5 Å². The Morgan fingerprint density at radius 1 is 1.12 bits per heavy atom. The van der Waals surface area contributed by atoms with Crippen LogP contribution in [0.15, 0.2) is 0 Å². The standard InChI is InChI=1S/Fe.Ni.H2O4S.V/c;;1-5(2,3)4;/h;;(H2,1,2,3,4);/q2*+2;;+5/p-2. The molecule has 0 amide bonds. The van der Waals surface area contributed by atoms with E-state index in [1.165, 1.54) is 0 Å². The first kappa shape index (κ1) is 22.7. The van der Waals surface area contributed by atoms with E-state index in [1.807, 2.05) is 0 Å². The van der Waals surface area contributed by atoms with Crippen molar-refractivity contribution in [3.05, 3.63) is 0 Å². The minimum absolute atomic E-state index is 0. The summed E-state index contributed by atoms with van der Waals surface area (Å²) in [6, 6.07) is 0. The Morgan fingerprint density at radius 3 is 1.12 bits per heavy atom. The van der Waals surface area contributed by atoms with Crippen LogP contribution in [0.4, 0.5) is 0 Å². The van der Waals surface area contributed by atoms with Crippen molar-refractivity contribution in [2.45, 2.75) is 0 Å². The van der Waals surface area contributed by atoms with Gasteiger partial charge in [-0.3, -0.25) is 8.42 Å². The molecule has 8 heavy (non-hydrogen) atoms. The molecule has 46 valence electrons. The van der Waals surface area contributed by atoms with Crippen molar-refractivity contribution in [1.29, 1.82) is 0 Å². The molecule has 0 rings (SSSR count). The van der Waals surface area contributed by atoms with Gasteiger partial charge in [0.15, 0.2) is 0 Å². The first-order valence-corrected chi connectivity index (χ1v) is 2.00. The third-order valence-electron chi connectivity index (χ3n) is 0. The number of rotatable bonds is 0. The van der Waals surface area contributed by atoms with Crippen LogP contribution in [0.2, 0.25) is 0 Å². The topological polar surface area (TPSA) is 80.3 Å². The van der Waals surface area contributed by atoms with Crippen molar-refractivity contribution in [3.63, 3.8) is 0 Å². The molecule has 0 heterocycles. The van der Waals surface area contributed by atoms with Gasteiger partial charge < -0.3 is 9.11 Å². The average Bonchev–Trinajstić information content (AvgIpc) is 0.722. The van der Waals surface area contributed by atoms with Crippen LogP contribution in [0.25, 0.3) is 0 Å². The summed E-state index contributed by atoms with van der Waals surface area (Å²) < 4.78 is 34.1. The predicted octanol–water partition coefficient (Wildman–Crippen LogP) is -1.35. The van der Waals surface area contributed by atoms with Crippen molar-refractivity contribution in [3.8, 4) is 0 Å². The van der Waals surface area contributed by atoms with Gasteiger partial charge in [-0.05, 0) is 0 Å². The minimum Gasteiger partial charge on any atom is -0.759 e. The summed E-state index contributed by atoms with van der Waals surface area (Å²) >= 11 is 0. The fourth-order valence-corrected chi connectivity index (χ4v) is 0. The van der Waals surface area contributed by atoms with Crippen LogP contribution in [0.3, 0.4) is 0 Å². The number of hydrogen-bond acceptors (Lipinski definition) is 4. The monoisotopic (exact) mass is 261 g/mol. The first-order chi connectivity index (χ1) is 2.00. The van der Waals surface area contributed by atoms with Crippen LogP contribution >= 0.6 is 0 Å². The zero-order valence-electron chi connectivity index (χ0n) is 3.16. The Hall–Kier alpha value is 1.47. The van der Waals surface area contributed by atoms with Gasteiger partial charge in [0.1, 0.15) is 0 Å². The zero-order chi connectivity index (χ0) is 4.50. The molecule has 0 aromatic rings. The van der Waals surface area contributed by atoms with E-state index in [0.717, 1.165) is 0 Å². The molecule has 0 aliphatic carbocycles. The van der Waals surface area contributed by atoms with Gasteiger partial charge in [0.2, 0.25) is 0 Å². The Labute approximate surface area is 79.7 Å². The normalized spacial score (nSPS) is 7.25. The molecule has 0 aliphatic rings. The fraction of sp³-hybridized carbons (Fsp3) is 0. The molecule has 0 N–H and O–H groups in total. The van der Waals surface area contributed by atoms with E-state index in [9.17, 15) is 0 Å². The van der Waals surface area contributed by atoms with Crippen molar-refractivity contribution < 1.29 is 69.6 Å². The summed E-state index contributed by atoms with van der Waals surface area (Å²) in [5.74, 6) is 0. The summed E-state index contributed by atoms with van der Waals surface area (Å²) in [5.41, 5.74) is 0. The van der Waals surface area contributed by atoms with Crippen LogP contribution in [0.5, 0.6) is 0 Å². The Morgan fingerprint density at radius 2 is 1.12 bits per heavy atom. The van der Waals surface area contributed by atoms with Gasteiger partial charge in [0, 0.05) is 10.4 Å². The fourth-order valence-electron chi connectivity index (χ4n) is 0. The quantitative estimate of drug-likeness (QED) is 0.307. The van der Waals surface area contributed by atoms with Crippen molar-refractivity contribution in [2.24, 2.45) is 0 Å². The average molecular weight is 262 g/mol. The molecule has 0 bridgehead atoms. The SMILES string of the molecule is O=S(=O)([O-])[O-].[Fe+2].[Ni+2].[V+5]. The Bertz CT molecular complexity index is 99.2. The molecule has 0 unspecified atom stereocenters. The van der Waals surface area contributed by atoms with E-state index in [-0.39, 0.29) is 52.1 Å². The molecule has 0 radical (unpaired) electrons. The number of hydrogen-bond donors (Lipinski definition) is 0. The van der Waals surface area contributed by atoms with Gasteiger partial charge in [-0.25, -0.2) is 0 Å².